The van der Waals surface area contributed by atoms with Crippen molar-refractivity contribution in [3.8, 4) is 17.2 Å². The minimum absolute atomic E-state index is 0.0728. The second-order valence-electron chi connectivity index (χ2n) is 11.4. The third kappa shape index (κ3) is 10.5. The molecule has 4 rings (SSSR count). The highest BCUT2D eigenvalue weighted by Gasteiger charge is 2.27. The van der Waals surface area contributed by atoms with Crippen molar-refractivity contribution in [1.82, 2.24) is 4.90 Å². The van der Waals surface area contributed by atoms with Crippen LogP contribution in [-0.2, 0) is 4.79 Å². The molecular weight excluding hydrogens is 542 g/mol. The molecule has 0 bridgehead atoms. The monoisotopic (exact) mass is 587 g/mol. The molecule has 0 aromatic heterocycles. The van der Waals surface area contributed by atoms with Gasteiger partial charge in [0.25, 0.3) is 0 Å². The summed E-state index contributed by atoms with van der Waals surface area (Å²) in [7, 11) is 1.60. The first-order valence-corrected chi connectivity index (χ1v) is 15.4. The maximum Gasteiger partial charge on any atom is 0.162 e. The smallest absolute Gasteiger partial charge is 0.162 e. The Balaban J connectivity index is 1.23. The van der Waals surface area contributed by atoms with E-state index >= 15 is 0 Å². The Morgan fingerprint density at radius 3 is 1.95 bits per heavy atom. The number of ether oxygens (including phenoxy) is 3. The Hall–Kier alpha value is -3.68. The molecule has 1 saturated heterocycles. The molecule has 0 amide bonds. The van der Waals surface area contributed by atoms with Crippen LogP contribution >= 0.6 is 0 Å². The Morgan fingerprint density at radius 2 is 1.35 bits per heavy atom. The normalized spacial score (nSPS) is 14.7. The van der Waals surface area contributed by atoms with Gasteiger partial charge < -0.3 is 24.2 Å². The molecule has 43 heavy (non-hydrogen) atoms. The lowest BCUT2D eigenvalue weighted by Gasteiger charge is -2.27. The number of unbranched alkanes of at least 4 members (excludes halogenated alkanes) is 1. The first-order valence-electron chi connectivity index (χ1n) is 15.4. The molecule has 1 N–H and O–H groups in total. The summed E-state index contributed by atoms with van der Waals surface area (Å²) in [5.74, 6) is 2.25. The third-order valence-corrected chi connectivity index (χ3v) is 8.01. The lowest BCUT2D eigenvalue weighted by Crippen LogP contribution is -2.31. The fourth-order valence-corrected chi connectivity index (χ4v) is 5.48. The van der Waals surface area contributed by atoms with Gasteiger partial charge in [0.2, 0.25) is 0 Å². The summed E-state index contributed by atoms with van der Waals surface area (Å²) in [6.07, 6.45) is 4.01. The molecule has 2 atom stereocenters. The number of hydrogen-bond acceptors (Lipinski definition) is 7. The van der Waals surface area contributed by atoms with E-state index < -0.39 is 6.10 Å². The summed E-state index contributed by atoms with van der Waals surface area (Å²) in [5, 5.41) is 11.4. The number of ketones is 2. The van der Waals surface area contributed by atoms with E-state index in [2.05, 4.69) is 4.90 Å². The minimum Gasteiger partial charge on any atom is -0.497 e. The van der Waals surface area contributed by atoms with Gasteiger partial charge in [0, 0.05) is 37.3 Å². The van der Waals surface area contributed by atoms with Gasteiger partial charge in [-0.15, -0.1) is 0 Å². The number of hydrogen-bond donors (Lipinski definition) is 1. The van der Waals surface area contributed by atoms with Gasteiger partial charge in [0.05, 0.1) is 13.2 Å². The Bertz CT molecular complexity index is 1270. The van der Waals surface area contributed by atoms with Crippen LogP contribution in [0.15, 0.2) is 72.8 Å². The third-order valence-electron chi connectivity index (χ3n) is 8.01. The molecule has 0 saturated carbocycles. The number of likely N-dealkylation sites (tertiary alicyclic amines) is 1. The largest absolute Gasteiger partial charge is 0.497 e. The van der Waals surface area contributed by atoms with Gasteiger partial charge in [-0.3, -0.25) is 9.59 Å². The van der Waals surface area contributed by atoms with Crippen LogP contribution < -0.4 is 14.2 Å². The van der Waals surface area contributed by atoms with Crippen molar-refractivity contribution in [2.24, 2.45) is 5.92 Å². The van der Waals surface area contributed by atoms with Gasteiger partial charge in [-0.25, -0.2) is 0 Å². The van der Waals surface area contributed by atoms with Crippen molar-refractivity contribution >= 4 is 11.6 Å². The summed E-state index contributed by atoms with van der Waals surface area (Å²) in [6, 6.07) is 22.5. The van der Waals surface area contributed by atoms with Gasteiger partial charge >= 0.3 is 0 Å². The van der Waals surface area contributed by atoms with Gasteiger partial charge in [-0.2, -0.15) is 0 Å². The summed E-state index contributed by atoms with van der Waals surface area (Å²) >= 11 is 0. The molecule has 1 unspecified atom stereocenters. The number of carbonyl (C=O) groups excluding carboxylic acids is 2. The number of benzene rings is 3. The Kier molecular flexibility index (Phi) is 12.6. The van der Waals surface area contributed by atoms with E-state index in [0.29, 0.717) is 63.2 Å². The summed E-state index contributed by atoms with van der Waals surface area (Å²) in [4.78, 5) is 27.8. The number of rotatable bonds is 18. The van der Waals surface area contributed by atoms with Crippen LogP contribution in [0.2, 0.25) is 0 Å². The number of aryl methyl sites for hydroxylation is 1. The van der Waals surface area contributed by atoms with Crippen LogP contribution in [0.3, 0.4) is 0 Å². The molecule has 1 aliphatic rings. The molecule has 1 aliphatic heterocycles. The van der Waals surface area contributed by atoms with E-state index in [-0.39, 0.29) is 17.5 Å². The standard InChI is InChI=1S/C36H45NO6/c1-27-9-15-33(16-10-27)42-23-24-43-34-19-13-29(14-20-34)36(40)30(26-37-21-5-6-22-37)25-31(38)7-3-4-8-35(39)28-11-17-32(41-2)18-12-28/h9-20,30,36,40H,3-8,21-26H2,1-2H3/t30?,36-/m1/s1. The second-order valence-corrected chi connectivity index (χ2v) is 11.4. The lowest BCUT2D eigenvalue weighted by molar-refractivity contribution is -0.121. The first kappa shape index (κ1) is 32.2. The van der Waals surface area contributed by atoms with Crippen LogP contribution in [0.1, 0.15) is 72.5 Å². The molecule has 7 heteroatoms. The predicted octanol–water partition coefficient (Wildman–Crippen LogP) is 6.61. The topological polar surface area (TPSA) is 85.3 Å². The highest BCUT2D eigenvalue weighted by molar-refractivity contribution is 5.96. The number of carbonyl (C=O) groups is 2. The fraction of sp³-hybridized carbons (Fsp3) is 0.444. The molecule has 1 heterocycles. The van der Waals surface area contributed by atoms with Gasteiger partial charge in [-0.1, -0.05) is 29.8 Å². The summed E-state index contributed by atoms with van der Waals surface area (Å²) in [5.41, 5.74) is 2.63. The number of aliphatic hydroxyl groups excluding tert-OH is 1. The molecule has 3 aromatic carbocycles. The number of aliphatic hydroxyl groups is 1. The highest BCUT2D eigenvalue weighted by Crippen LogP contribution is 2.29. The summed E-state index contributed by atoms with van der Waals surface area (Å²) < 4.78 is 16.7. The molecule has 230 valence electrons. The molecule has 7 nitrogen and oxygen atoms in total. The molecule has 0 aliphatic carbocycles. The van der Waals surface area contributed by atoms with Crippen molar-refractivity contribution in [1.29, 1.82) is 0 Å². The van der Waals surface area contributed by atoms with E-state index in [0.717, 1.165) is 43.0 Å². The first-order chi connectivity index (χ1) is 20.9. The van der Waals surface area contributed by atoms with Gasteiger partial charge in [0.15, 0.2) is 5.78 Å². The SMILES string of the molecule is COc1ccc(C(=O)CCCCC(=O)CC(CN2CCCC2)[C@H](O)c2ccc(OCCOc3ccc(C)cc3)cc2)cc1. The van der Waals surface area contributed by atoms with E-state index in [1.165, 1.54) is 5.56 Å². The zero-order valence-corrected chi connectivity index (χ0v) is 25.5. The molecule has 3 aromatic rings. The van der Waals surface area contributed by atoms with Crippen molar-refractivity contribution in [2.45, 2.75) is 58.0 Å². The minimum atomic E-state index is -0.750. The van der Waals surface area contributed by atoms with Crippen LogP contribution in [0, 0.1) is 12.8 Å². The lowest BCUT2D eigenvalue weighted by atomic mass is 9.89. The predicted molar refractivity (Wildman–Crippen MR) is 168 cm³/mol. The zero-order valence-electron chi connectivity index (χ0n) is 25.5. The summed E-state index contributed by atoms with van der Waals surface area (Å²) in [6.45, 7) is 5.58. The van der Waals surface area contributed by atoms with E-state index in [4.69, 9.17) is 14.2 Å². The molecule has 0 radical (unpaired) electrons. The van der Waals surface area contributed by atoms with Crippen molar-refractivity contribution in [3.63, 3.8) is 0 Å². The van der Waals surface area contributed by atoms with E-state index in [1.807, 2.05) is 55.5 Å². The second kappa shape index (κ2) is 16.8. The van der Waals surface area contributed by atoms with E-state index in [1.54, 1.807) is 31.4 Å². The van der Waals surface area contributed by atoms with Gasteiger partial charge in [-0.05, 0) is 99.8 Å². The fourth-order valence-electron chi connectivity index (χ4n) is 5.48. The van der Waals surface area contributed by atoms with Crippen LogP contribution in [0.25, 0.3) is 0 Å². The maximum atomic E-state index is 13.0. The maximum absolute atomic E-state index is 13.0. The molecular formula is C36H45NO6. The number of methoxy groups -OCH3 is 1. The van der Waals surface area contributed by atoms with E-state index in [9.17, 15) is 14.7 Å². The Morgan fingerprint density at radius 1 is 0.791 bits per heavy atom. The highest BCUT2D eigenvalue weighted by atomic mass is 16.5. The van der Waals surface area contributed by atoms with Crippen LogP contribution in [0.5, 0.6) is 17.2 Å². The van der Waals surface area contributed by atoms with Crippen molar-refractivity contribution in [3.05, 3.63) is 89.5 Å². The van der Waals surface area contributed by atoms with Crippen LogP contribution in [0.4, 0.5) is 0 Å². The molecule has 1 fully saturated rings. The molecule has 0 spiro atoms. The number of nitrogens with zero attached hydrogens (tertiary/aromatic N) is 1. The van der Waals surface area contributed by atoms with Crippen molar-refractivity contribution < 1.29 is 28.9 Å². The average Bonchev–Trinajstić information content (AvgIpc) is 3.55. The Labute approximate surface area is 255 Å². The average molecular weight is 588 g/mol. The van der Waals surface area contributed by atoms with Crippen molar-refractivity contribution in [2.75, 3.05) is 40.0 Å². The number of Topliss-reactive ketones (excluding diaryl/α,β-unsaturated/α-hetero) is 2. The van der Waals surface area contributed by atoms with Gasteiger partial charge in [0.1, 0.15) is 36.2 Å². The quantitative estimate of drug-likeness (QED) is 0.132. The van der Waals surface area contributed by atoms with Crippen LogP contribution in [-0.4, -0.2) is 61.5 Å². The zero-order chi connectivity index (χ0) is 30.4.